The van der Waals surface area contributed by atoms with E-state index in [9.17, 15) is 13.2 Å². The van der Waals surface area contributed by atoms with E-state index in [2.05, 4.69) is 4.90 Å². The van der Waals surface area contributed by atoms with Gasteiger partial charge in [-0.15, -0.1) is 0 Å². The second kappa shape index (κ2) is 4.94. The Hall–Kier alpha value is -0.620. The van der Waals surface area contributed by atoms with Crippen LogP contribution >= 0.6 is 0 Å². The van der Waals surface area contributed by atoms with Crippen molar-refractivity contribution in [2.24, 2.45) is 5.41 Å². The normalized spacial score (nSPS) is 25.7. The predicted octanol–water partition coefficient (Wildman–Crippen LogP) is 0.606. The molecule has 1 unspecified atom stereocenters. The second-order valence-electron chi connectivity index (χ2n) is 5.44. The van der Waals surface area contributed by atoms with Gasteiger partial charge in [0.1, 0.15) is 0 Å². The third kappa shape index (κ3) is 3.96. The van der Waals surface area contributed by atoms with Gasteiger partial charge in [-0.05, 0) is 33.7 Å². The molecule has 1 aliphatic heterocycles. The minimum Gasteiger partial charge on any atom is -0.481 e. The first-order chi connectivity index (χ1) is 7.64. The Morgan fingerprint density at radius 3 is 2.53 bits per heavy atom. The topological polar surface area (TPSA) is 74.7 Å². The van der Waals surface area contributed by atoms with E-state index in [1.807, 2.05) is 6.92 Å². The van der Waals surface area contributed by atoms with E-state index in [4.69, 9.17) is 5.11 Å². The van der Waals surface area contributed by atoms with Crippen molar-refractivity contribution < 1.29 is 18.3 Å². The average Bonchev–Trinajstić information content (AvgIpc) is 2.14. The number of aliphatic carboxylic acids is 1. The summed E-state index contributed by atoms with van der Waals surface area (Å²) in [6, 6.07) is -0.0154. The van der Waals surface area contributed by atoms with Crippen molar-refractivity contribution in [2.45, 2.75) is 33.2 Å². The minimum absolute atomic E-state index is 0.0154. The zero-order valence-corrected chi connectivity index (χ0v) is 11.5. The van der Waals surface area contributed by atoms with Crippen LogP contribution in [0.2, 0.25) is 0 Å². The summed E-state index contributed by atoms with van der Waals surface area (Å²) in [6.45, 7) is 6.42. The Morgan fingerprint density at radius 2 is 2.06 bits per heavy atom. The number of hydrogen-bond acceptors (Lipinski definition) is 4. The lowest BCUT2D eigenvalue weighted by molar-refractivity contribution is -0.147. The van der Waals surface area contributed by atoms with Crippen molar-refractivity contribution >= 4 is 15.8 Å². The van der Waals surface area contributed by atoms with Gasteiger partial charge in [0.05, 0.1) is 16.9 Å². The maximum atomic E-state index is 11.4. The summed E-state index contributed by atoms with van der Waals surface area (Å²) < 4.78 is 22.8. The standard InChI is InChI=1S/C11H21NO4S/c1-9-8-17(15,16)7-6-12(9)5-4-11(2,3)10(13)14/h9H,4-8H2,1-3H3,(H,13,14). The number of rotatable bonds is 4. The molecule has 17 heavy (non-hydrogen) atoms. The van der Waals surface area contributed by atoms with Gasteiger partial charge >= 0.3 is 5.97 Å². The van der Waals surface area contributed by atoms with E-state index in [1.165, 1.54) is 0 Å². The van der Waals surface area contributed by atoms with Crippen molar-refractivity contribution in [1.29, 1.82) is 0 Å². The van der Waals surface area contributed by atoms with Crippen LogP contribution in [-0.4, -0.2) is 55.0 Å². The van der Waals surface area contributed by atoms with Gasteiger partial charge in [0.2, 0.25) is 0 Å². The van der Waals surface area contributed by atoms with E-state index in [1.54, 1.807) is 13.8 Å². The Morgan fingerprint density at radius 1 is 1.47 bits per heavy atom. The Bertz CT molecular complexity index is 388. The van der Waals surface area contributed by atoms with Gasteiger partial charge in [0.25, 0.3) is 0 Å². The first-order valence-corrected chi connectivity index (χ1v) is 7.64. The van der Waals surface area contributed by atoms with Crippen molar-refractivity contribution in [3.8, 4) is 0 Å². The van der Waals surface area contributed by atoms with Crippen LogP contribution in [0.25, 0.3) is 0 Å². The highest BCUT2D eigenvalue weighted by molar-refractivity contribution is 7.91. The van der Waals surface area contributed by atoms with Crippen LogP contribution in [0.3, 0.4) is 0 Å². The number of sulfone groups is 1. The van der Waals surface area contributed by atoms with E-state index in [-0.39, 0.29) is 17.5 Å². The SMILES string of the molecule is CC1CS(=O)(=O)CCN1CCC(C)(C)C(=O)O. The van der Waals surface area contributed by atoms with Crippen molar-refractivity contribution in [3.63, 3.8) is 0 Å². The molecule has 100 valence electrons. The molecule has 6 heteroatoms. The van der Waals surface area contributed by atoms with Crippen molar-refractivity contribution in [1.82, 2.24) is 4.90 Å². The van der Waals surface area contributed by atoms with Crippen LogP contribution in [-0.2, 0) is 14.6 Å². The lowest BCUT2D eigenvalue weighted by Crippen LogP contribution is -2.48. The monoisotopic (exact) mass is 263 g/mol. The van der Waals surface area contributed by atoms with Gasteiger partial charge in [0.15, 0.2) is 9.84 Å². The lowest BCUT2D eigenvalue weighted by Gasteiger charge is -2.34. The molecule has 0 aromatic carbocycles. The summed E-state index contributed by atoms with van der Waals surface area (Å²) in [6.07, 6.45) is 0.534. The molecule has 1 rings (SSSR count). The molecule has 5 nitrogen and oxygen atoms in total. The molecule has 1 N–H and O–H groups in total. The first kappa shape index (κ1) is 14.4. The molecule has 0 aromatic rings. The molecule has 1 aliphatic rings. The maximum Gasteiger partial charge on any atom is 0.309 e. The molecule has 0 saturated carbocycles. The Balaban J connectivity index is 2.52. The fraction of sp³-hybridized carbons (Fsp3) is 0.909. The van der Waals surface area contributed by atoms with Crippen molar-refractivity contribution in [2.75, 3.05) is 24.6 Å². The molecule has 1 saturated heterocycles. The van der Waals surface area contributed by atoms with Gasteiger partial charge in [0, 0.05) is 12.6 Å². The molecule has 0 radical (unpaired) electrons. The largest absolute Gasteiger partial charge is 0.481 e. The first-order valence-electron chi connectivity index (χ1n) is 5.82. The number of carboxylic acid groups (broad SMARTS) is 1. The van der Waals surface area contributed by atoms with Gasteiger partial charge in [-0.25, -0.2) is 8.42 Å². The van der Waals surface area contributed by atoms with Crippen LogP contribution in [0, 0.1) is 5.41 Å². The van der Waals surface area contributed by atoms with Crippen LogP contribution in [0.1, 0.15) is 27.2 Å². The molecule has 1 heterocycles. The Kier molecular flexibility index (Phi) is 4.19. The summed E-state index contributed by atoms with van der Waals surface area (Å²) in [7, 11) is -2.89. The van der Waals surface area contributed by atoms with E-state index < -0.39 is 21.2 Å². The third-order valence-corrected chi connectivity index (χ3v) is 5.21. The second-order valence-corrected chi connectivity index (χ2v) is 7.67. The highest BCUT2D eigenvalue weighted by Gasteiger charge is 2.31. The zero-order valence-electron chi connectivity index (χ0n) is 10.6. The molecular weight excluding hydrogens is 242 g/mol. The maximum absolute atomic E-state index is 11.4. The molecule has 0 aliphatic carbocycles. The average molecular weight is 263 g/mol. The van der Waals surface area contributed by atoms with Gasteiger partial charge in [-0.1, -0.05) is 0 Å². The van der Waals surface area contributed by atoms with Gasteiger partial charge in [-0.3, -0.25) is 9.69 Å². The molecule has 1 atom stereocenters. The summed E-state index contributed by atoms with van der Waals surface area (Å²) in [5.41, 5.74) is -0.754. The zero-order chi connectivity index (χ0) is 13.3. The molecule has 0 amide bonds. The van der Waals surface area contributed by atoms with Crippen molar-refractivity contribution in [3.05, 3.63) is 0 Å². The fourth-order valence-electron chi connectivity index (χ4n) is 1.90. The summed E-state index contributed by atoms with van der Waals surface area (Å²) >= 11 is 0. The van der Waals surface area contributed by atoms with Crippen LogP contribution < -0.4 is 0 Å². The molecule has 1 fully saturated rings. The lowest BCUT2D eigenvalue weighted by atomic mass is 9.89. The summed E-state index contributed by atoms with van der Waals surface area (Å²) in [4.78, 5) is 13.0. The summed E-state index contributed by atoms with van der Waals surface area (Å²) in [5, 5.41) is 9.01. The number of carbonyl (C=O) groups is 1. The smallest absolute Gasteiger partial charge is 0.309 e. The Labute approximate surface area is 103 Å². The number of carboxylic acids is 1. The highest BCUT2D eigenvalue weighted by atomic mass is 32.2. The molecule has 0 spiro atoms. The molecular formula is C11H21NO4S. The predicted molar refractivity (Wildman–Crippen MR) is 65.7 cm³/mol. The quantitative estimate of drug-likeness (QED) is 0.804. The fourth-order valence-corrected chi connectivity index (χ4v) is 3.52. The molecule has 0 bridgehead atoms. The third-order valence-electron chi connectivity index (χ3n) is 3.41. The van der Waals surface area contributed by atoms with E-state index >= 15 is 0 Å². The van der Waals surface area contributed by atoms with E-state index in [0.29, 0.717) is 19.5 Å². The minimum atomic E-state index is -2.89. The van der Waals surface area contributed by atoms with Gasteiger partial charge in [-0.2, -0.15) is 0 Å². The number of hydrogen-bond donors (Lipinski definition) is 1. The van der Waals surface area contributed by atoms with Crippen LogP contribution in [0.4, 0.5) is 0 Å². The highest BCUT2D eigenvalue weighted by Crippen LogP contribution is 2.22. The number of nitrogens with zero attached hydrogens (tertiary/aromatic N) is 1. The van der Waals surface area contributed by atoms with Gasteiger partial charge < -0.3 is 5.11 Å². The summed E-state index contributed by atoms with van der Waals surface area (Å²) in [5.74, 6) is -0.444. The van der Waals surface area contributed by atoms with Crippen LogP contribution in [0.15, 0.2) is 0 Å². The van der Waals surface area contributed by atoms with Crippen LogP contribution in [0.5, 0.6) is 0 Å². The van der Waals surface area contributed by atoms with E-state index in [0.717, 1.165) is 0 Å². The molecule has 0 aromatic heterocycles.